The van der Waals surface area contributed by atoms with Gasteiger partial charge in [0.2, 0.25) is 5.91 Å². The zero-order chi connectivity index (χ0) is 17.8. The highest BCUT2D eigenvalue weighted by molar-refractivity contribution is 6.30. The molecule has 7 heteroatoms. The standard InChI is InChI=1S/C18H18ClN3O3/c1-25-14-8-2-11(3-9-14)15-10-20-17(23)16(15)22-18(24)21-13-6-4-12(19)5-7-13/h2-9,15-16H,10H2,1H3,(H,20,23)(H2,21,22,24)/t15-,16-/m1/s1. The Bertz CT molecular complexity index is 762. The maximum Gasteiger partial charge on any atom is 0.319 e. The molecule has 1 fully saturated rings. The highest BCUT2D eigenvalue weighted by Crippen LogP contribution is 2.25. The molecule has 2 aromatic rings. The van der Waals surface area contributed by atoms with Gasteiger partial charge in [-0.1, -0.05) is 23.7 Å². The zero-order valence-corrected chi connectivity index (χ0v) is 14.3. The molecule has 1 saturated heterocycles. The molecule has 3 N–H and O–H groups in total. The van der Waals surface area contributed by atoms with Crippen molar-refractivity contribution in [1.82, 2.24) is 10.6 Å². The topological polar surface area (TPSA) is 79.5 Å². The molecule has 25 heavy (non-hydrogen) atoms. The summed E-state index contributed by atoms with van der Waals surface area (Å²) in [6, 6.07) is 13.1. The van der Waals surface area contributed by atoms with Gasteiger partial charge in [-0.25, -0.2) is 4.79 Å². The summed E-state index contributed by atoms with van der Waals surface area (Å²) in [5.41, 5.74) is 1.55. The van der Waals surface area contributed by atoms with Gasteiger partial charge in [0.05, 0.1) is 7.11 Å². The molecule has 3 amide bonds. The van der Waals surface area contributed by atoms with Crippen LogP contribution in [0.2, 0.25) is 5.02 Å². The van der Waals surface area contributed by atoms with E-state index in [0.717, 1.165) is 11.3 Å². The van der Waals surface area contributed by atoms with Crippen LogP contribution in [0.15, 0.2) is 48.5 Å². The summed E-state index contributed by atoms with van der Waals surface area (Å²) in [5.74, 6) is 0.396. The molecule has 0 aliphatic carbocycles. The Hall–Kier alpha value is -2.73. The normalized spacial score (nSPS) is 19.2. The number of hydrogen-bond acceptors (Lipinski definition) is 3. The van der Waals surface area contributed by atoms with Gasteiger partial charge in [0.1, 0.15) is 11.8 Å². The van der Waals surface area contributed by atoms with Crippen LogP contribution in [0.5, 0.6) is 5.75 Å². The minimum absolute atomic E-state index is 0.144. The highest BCUT2D eigenvalue weighted by atomic mass is 35.5. The second-order valence-electron chi connectivity index (χ2n) is 5.71. The Balaban J connectivity index is 1.68. The summed E-state index contributed by atoms with van der Waals surface area (Å²) < 4.78 is 5.15. The van der Waals surface area contributed by atoms with Crippen molar-refractivity contribution in [3.63, 3.8) is 0 Å². The average molecular weight is 360 g/mol. The quantitative estimate of drug-likeness (QED) is 0.785. The van der Waals surface area contributed by atoms with Gasteiger partial charge in [-0.05, 0) is 42.0 Å². The van der Waals surface area contributed by atoms with Crippen LogP contribution in [0.3, 0.4) is 0 Å². The first-order valence-electron chi connectivity index (χ1n) is 7.81. The fourth-order valence-corrected chi connectivity index (χ4v) is 2.92. The van der Waals surface area contributed by atoms with E-state index in [1.165, 1.54) is 0 Å². The van der Waals surface area contributed by atoms with E-state index in [1.54, 1.807) is 31.4 Å². The molecule has 0 radical (unpaired) electrons. The number of anilines is 1. The lowest BCUT2D eigenvalue weighted by molar-refractivity contribution is -0.120. The van der Waals surface area contributed by atoms with E-state index in [2.05, 4.69) is 16.0 Å². The van der Waals surface area contributed by atoms with Crippen LogP contribution in [0.4, 0.5) is 10.5 Å². The molecule has 0 bridgehead atoms. The Morgan fingerprint density at radius 2 is 1.84 bits per heavy atom. The summed E-state index contributed by atoms with van der Waals surface area (Å²) in [6.45, 7) is 0.469. The van der Waals surface area contributed by atoms with Crippen LogP contribution in [0.1, 0.15) is 11.5 Å². The first kappa shape index (κ1) is 17.1. The van der Waals surface area contributed by atoms with Gasteiger partial charge in [-0.2, -0.15) is 0 Å². The Morgan fingerprint density at radius 3 is 2.48 bits per heavy atom. The summed E-state index contributed by atoms with van der Waals surface area (Å²) in [5, 5.41) is 8.82. The van der Waals surface area contributed by atoms with Crippen LogP contribution >= 0.6 is 11.6 Å². The van der Waals surface area contributed by atoms with E-state index in [9.17, 15) is 9.59 Å². The van der Waals surface area contributed by atoms with Gasteiger partial charge in [0.15, 0.2) is 0 Å². The Kier molecular flexibility index (Phi) is 5.09. The Morgan fingerprint density at radius 1 is 1.16 bits per heavy atom. The summed E-state index contributed by atoms with van der Waals surface area (Å²) >= 11 is 5.82. The van der Waals surface area contributed by atoms with Crippen molar-refractivity contribution in [2.45, 2.75) is 12.0 Å². The molecule has 2 atom stereocenters. The van der Waals surface area contributed by atoms with Crippen molar-refractivity contribution >= 4 is 29.2 Å². The predicted octanol–water partition coefficient (Wildman–Crippen LogP) is 2.75. The Labute approximate surface area is 150 Å². The van der Waals surface area contributed by atoms with Crippen LogP contribution < -0.4 is 20.7 Å². The van der Waals surface area contributed by atoms with E-state index in [-0.39, 0.29) is 11.8 Å². The lowest BCUT2D eigenvalue weighted by Gasteiger charge is -2.19. The minimum Gasteiger partial charge on any atom is -0.497 e. The number of nitrogens with one attached hydrogen (secondary N) is 3. The fraction of sp³-hybridized carbons (Fsp3) is 0.222. The summed E-state index contributed by atoms with van der Waals surface area (Å²) in [4.78, 5) is 24.3. The molecule has 1 heterocycles. The van der Waals surface area contributed by atoms with Crippen LogP contribution in [-0.4, -0.2) is 31.6 Å². The SMILES string of the molecule is COc1ccc([C@H]2CNC(=O)[C@@H]2NC(=O)Nc2ccc(Cl)cc2)cc1. The minimum atomic E-state index is -0.638. The zero-order valence-electron chi connectivity index (χ0n) is 13.6. The molecule has 6 nitrogen and oxygen atoms in total. The van der Waals surface area contributed by atoms with Gasteiger partial charge in [0, 0.05) is 23.2 Å². The van der Waals surface area contributed by atoms with Gasteiger partial charge >= 0.3 is 6.03 Å². The number of urea groups is 1. The lowest BCUT2D eigenvalue weighted by atomic mass is 9.94. The van der Waals surface area contributed by atoms with Gasteiger partial charge in [0.25, 0.3) is 0 Å². The van der Waals surface area contributed by atoms with Crippen molar-refractivity contribution in [3.05, 3.63) is 59.1 Å². The smallest absolute Gasteiger partial charge is 0.319 e. The molecule has 130 valence electrons. The molecular formula is C18H18ClN3O3. The van der Waals surface area contributed by atoms with E-state index >= 15 is 0 Å². The third-order valence-corrected chi connectivity index (χ3v) is 4.37. The molecule has 1 aliphatic rings. The van der Waals surface area contributed by atoms with E-state index in [4.69, 9.17) is 16.3 Å². The highest BCUT2D eigenvalue weighted by Gasteiger charge is 2.36. The number of rotatable bonds is 4. The maximum absolute atomic E-state index is 12.2. The lowest BCUT2D eigenvalue weighted by Crippen LogP contribution is -2.44. The number of benzene rings is 2. The molecule has 0 spiro atoms. The monoisotopic (exact) mass is 359 g/mol. The molecule has 2 aromatic carbocycles. The maximum atomic E-state index is 12.2. The number of amides is 3. The van der Waals surface area contributed by atoms with Crippen LogP contribution in [-0.2, 0) is 4.79 Å². The molecular weight excluding hydrogens is 342 g/mol. The number of carbonyl (C=O) groups is 2. The second kappa shape index (κ2) is 7.44. The molecule has 0 saturated carbocycles. The van der Waals surface area contributed by atoms with Gasteiger partial charge < -0.3 is 20.7 Å². The van der Waals surface area contributed by atoms with Crippen LogP contribution in [0, 0.1) is 0 Å². The average Bonchev–Trinajstić information content (AvgIpc) is 2.98. The predicted molar refractivity (Wildman–Crippen MR) is 96.1 cm³/mol. The molecule has 0 aromatic heterocycles. The van der Waals surface area contributed by atoms with E-state index in [1.807, 2.05) is 24.3 Å². The summed E-state index contributed by atoms with van der Waals surface area (Å²) in [6.07, 6.45) is 0. The van der Waals surface area contributed by atoms with E-state index < -0.39 is 12.1 Å². The fourth-order valence-electron chi connectivity index (χ4n) is 2.79. The number of methoxy groups -OCH3 is 1. The van der Waals surface area contributed by atoms with Crippen molar-refractivity contribution in [3.8, 4) is 5.75 Å². The van der Waals surface area contributed by atoms with Gasteiger partial charge in [-0.15, -0.1) is 0 Å². The third-order valence-electron chi connectivity index (χ3n) is 4.11. The second-order valence-corrected chi connectivity index (χ2v) is 6.14. The first-order valence-corrected chi connectivity index (χ1v) is 8.19. The van der Waals surface area contributed by atoms with Crippen molar-refractivity contribution in [2.24, 2.45) is 0 Å². The summed E-state index contributed by atoms with van der Waals surface area (Å²) in [7, 11) is 1.60. The van der Waals surface area contributed by atoms with Crippen molar-refractivity contribution < 1.29 is 14.3 Å². The first-order chi connectivity index (χ1) is 12.1. The third kappa shape index (κ3) is 4.03. The molecule has 3 rings (SSSR count). The van der Waals surface area contributed by atoms with Crippen LogP contribution in [0.25, 0.3) is 0 Å². The molecule has 0 unspecified atom stereocenters. The van der Waals surface area contributed by atoms with Crippen molar-refractivity contribution in [1.29, 1.82) is 0 Å². The molecule has 1 aliphatic heterocycles. The number of carbonyl (C=O) groups excluding carboxylic acids is 2. The largest absolute Gasteiger partial charge is 0.497 e. The van der Waals surface area contributed by atoms with Gasteiger partial charge in [-0.3, -0.25) is 4.79 Å². The van der Waals surface area contributed by atoms with Crippen molar-refractivity contribution in [2.75, 3.05) is 19.0 Å². The van der Waals surface area contributed by atoms with E-state index in [0.29, 0.717) is 17.3 Å². The number of halogens is 1. The number of hydrogen-bond donors (Lipinski definition) is 3. The number of ether oxygens (including phenoxy) is 1.